The molecule has 0 heterocycles. The lowest BCUT2D eigenvalue weighted by molar-refractivity contribution is -0.0328. The Morgan fingerprint density at radius 2 is 1.55 bits per heavy atom. The van der Waals surface area contributed by atoms with Gasteiger partial charge in [-0.25, -0.2) is 0 Å². The first kappa shape index (κ1) is 19.6. The predicted octanol–water partition coefficient (Wildman–Crippen LogP) is 4.13. The topological polar surface area (TPSA) is 46.2 Å². The van der Waals surface area contributed by atoms with Crippen molar-refractivity contribution >= 4 is 24.2 Å². The number of thioether (sulfide) groups is 1. The normalized spacial score (nSPS) is 15.4. The van der Waals surface area contributed by atoms with E-state index in [0.717, 1.165) is 0 Å². The zero-order chi connectivity index (χ0) is 14.8. The largest absolute Gasteiger partial charge is 0.446 e. The van der Waals surface area contributed by atoms with Crippen molar-refractivity contribution in [1.82, 2.24) is 0 Å². The summed E-state index contributed by atoms with van der Waals surface area (Å²) in [5.74, 6) is 0. The van der Waals surface area contributed by atoms with E-state index in [2.05, 4.69) is 0 Å². The first-order chi connectivity index (χ1) is 8.50. The number of aliphatic hydroxyl groups is 1. The highest BCUT2D eigenvalue weighted by atomic mass is 35.5. The molecule has 1 rings (SSSR count). The number of hydrogen-bond donors (Lipinski definition) is 2. The van der Waals surface area contributed by atoms with Crippen LogP contribution in [0.2, 0.25) is 0 Å². The average Bonchev–Trinajstić information content (AvgIpc) is 2.24. The smallest absolute Gasteiger partial charge is 0.391 e. The highest BCUT2D eigenvalue weighted by Gasteiger charge is 2.30. The number of aliphatic hydroxyl groups excluding tert-OH is 1. The molecular formula is C13H19ClF3NOS. The maximum atomic E-state index is 12.2. The number of benzene rings is 1. The third kappa shape index (κ3) is 5.91. The summed E-state index contributed by atoms with van der Waals surface area (Å²) in [5.41, 5.74) is 1.86. The third-order valence-corrected chi connectivity index (χ3v) is 3.47. The van der Waals surface area contributed by atoms with Crippen LogP contribution in [0, 0.1) is 5.41 Å². The van der Waals surface area contributed by atoms with Gasteiger partial charge >= 0.3 is 5.51 Å². The number of nitrogens with two attached hydrogens (primary N) is 1. The Kier molecular flexibility index (Phi) is 6.87. The van der Waals surface area contributed by atoms with E-state index in [1.54, 1.807) is 0 Å². The fourth-order valence-electron chi connectivity index (χ4n) is 1.61. The van der Waals surface area contributed by atoms with Gasteiger partial charge in [0, 0.05) is 4.90 Å². The van der Waals surface area contributed by atoms with Gasteiger partial charge in [-0.3, -0.25) is 0 Å². The van der Waals surface area contributed by atoms with Gasteiger partial charge in [-0.05, 0) is 34.9 Å². The predicted molar refractivity (Wildman–Crippen MR) is 78.0 cm³/mol. The molecule has 0 aliphatic rings. The standard InChI is InChI=1S/C13H18F3NOS.ClH/c1-12(2,3)11(18)10(17)8-4-6-9(7-5-8)19-13(14,15)16;/h4-7,10-11,18H,17H2,1-3H3;1H/t10-,11-;/m1./s1. The Morgan fingerprint density at radius 3 is 1.90 bits per heavy atom. The molecule has 0 amide bonds. The maximum Gasteiger partial charge on any atom is 0.446 e. The molecular weight excluding hydrogens is 311 g/mol. The van der Waals surface area contributed by atoms with Crippen molar-refractivity contribution in [3.8, 4) is 0 Å². The Hall–Kier alpha value is -0.430. The second kappa shape index (κ2) is 7.02. The van der Waals surface area contributed by atoms with Crippen molar-refractivity contribution in [2.75, 3.05) is 0 Å². The lowest BCUT2D eigenvalue weighted by atomic mass is 9.82. The van der Waals surface area contributed by atoms with Gasteiger partial charge in [0.1, 0.15) is 0 Å². The van der Waals surface area contributed by atoms with Crippen LogP contribution in [-0.4, -0.2) is 16.7 Å². The van der Waals surface area contributed by atoms with Gasteiger partial charge < -0.3 is 10.8 Å². The number of halogens is 4. The Balaban J connectivity index is 0.00000361. The minimum absolute atomic E-state index is 0. The van der Waals surface area contributed by atoms with Crippen LogP contribution >= 0.6 is 24.2 Å². The average molecular weight is 330 g/mol. The van der Waals surface area contributed by atoms with Gasteiger partial charge in [0.2, 0.25) is 0 Å². The summed E-state index contributed by atoms with van der Waals surface area (Å²) in [6, 6.07) is 5.15. The molecule has 116 valence electrons. The summed E-state index contributed by atoms with van der Waals surface area (Å²) in [7, 11) is 0. The van der Waals surface area contributed by atoms with Gasteiger partial charge in [-0.15, -0.1) is 12.4 Å². The van der Waals surface area contributed by atoms with Crippen LogP contribution in [0.3, 0.4) is 0 Å². The molecule has 1 aromatic carbocycles. The van der Waals surface area contributed by atoms with Crippen LogP contribution in [0.15, 0.2) is 29.2 Å². The summed E-state index contributed by atoms with van der Waals surface area (Å²) in [4.78, 5) is 0.105. The molecule has 0 unspecified atom stereocenters. The van der Waals surface area contributed by atoms with Gasteiger partial charge in [0.05, 0.1) is 12.1 Å². The monoisotopic (exact) mass is 329 g/mol. The second-order valence-corrected chi connectivity index (χ2v) is 6.59. The van der Waals surface area contributed by atoms with Crippen molar-refractivity contribution in [1.29, 1.82) is 0 Å². The highest BCUT2D eigenvalue weighted by Crippen LogP contribution is 2.37. The summed E-state index contributed by atoms with van der Waals surface area (Å²) in [6.45, 7) is 5.56. The maximum absolute atomic E-state index is 12.2. The highest BCUT2D eigenvalue weighted by molar-refractivity contribution is 8.00. The summed E-state index contributed by atoms with van der Waals surface area (Å²) in [6.07, 6.45) is -0.770. The van der Waals surface area contributed by atoms with E-state index in [-0.39, 0.29) is 29.1 Å². The van der Waals surface area contributed by atoms with Crippen LogP contribution in [0.1, 0.15) is 32.4 Å². The summed E-state index contributed by atoms with van der Waals surface area (Å²) >= 11 is -0.168. The quantitative estimate of drug-likeness (QED) is 0.820. The fraction of sp³-hybridized carbons (Fsp3) is 0.538. The fourth-order valence-corrected chi connectivity index (χ4v) is 2.15. The van der Waals surface area contributed by atoms with Crippen LogP contribution in [-0.2, 0) is 0 Å². The first-order valence-electron chi connectivity index (χ1n) is 5.80. The van der Waals surface area contributed by atoms with Crippen molar-refractivity contribution in [3.63, 3.8) is 0 Å². The molecule has 0 fully saturated rings. The molecule has 2 nitrogen and oxygen atoms in total. The van der Waals surface area contributed by atoms with E-state index >= 15 is 0 Å². The number of rotatable bonds is 3. The Bertz CT molecular complexity index is 417. The van der Waals surface area contributed by atoms with Crippen molar-refractivity contribution < 1.29 is 18.3 Å². The van der Waals surface area contributed by atoms with Crippen LogP contribution in [0.25, 0.3) is 0 Å². The summed E-state index contributed by atoms with van der Waals surface area (Å²) < 4.78 is 36.5. The molecule has 0 spiro atoms. The van der Waals surface area contributed by atoms with E-state index in [1.165, 1.54) is 24.3 Å². The molecule has 0 saturated heterocycles. The second-order valence-electron chi connectivity index (χ2n) is 5.45. The van der Waals surface area contributed by atoms with Gasteiger partial charge in [-0.2, -0.15) is 13.2 Å². The first-order valence-corrected chi connectivity index (χ1v) is 6.62. The number of alkyl halides is 3. The van der Waals surface area contributed by atoms with Crippen LogP contribution in [0.4, 0.5) is 13.2 Å². The van der Waals surface area contributed by atoms with Gasteiger partial charge in [-0.1, -0.05) is 32.9 Å². The molecule has 7 heteroatoms. The molecule has 20 heavy (non-hydrogen) atoms. The molecule has 0 saturated carbocycles. The minimum Gasteiger partial charge on any atom is -0.391 e. The van der Waals surface area contributed by atoms with E-state index in [1.807, 2.05) is 20.8 Å². The zero-order valence-corrected chi connectivity index (χ0v) is 13.1. The molecule has 0 bridgehead atoms. The van der Waals surface area contributed by atoms with E-state index in [0.29, 0.717) is 5.56 Å². The third-order valence-electron chi connectivity index (χ3n) is 2.73. The Labute approximate surface area is 127 Å². The van der Waals surface area contributed by atoms with Crippen LogP contribution in [0.5, 0.6) is 0 Å². The van der Waals surface area contributed by atoms with Crippen molar-refractivity contribution in [2.45, 2.75) is 43.3 Å². The van der Waals surface area contributed by atoms with E-state index in [9.17, 15) is 18.3 Å². The van der Waals surface area contributed by atoms with E-state index < -0.39 is 23.1 Å². The van der Waals surface area contributed by atoms with Gasteiger partial charge in [0.25, 0.3) is 0 Å². The van der Waals surface area contributed by atoms with Crippen LogP contribution < -0.4 is 5.73 Å². The zero-order valence-electron chi connectivity index (χ0n) is 11.4. The van der Waals surface area contributed by atoms with E-state index in [4.69, 9.17) is 5.73 Å². The van der Waals surface area contributed by atoms with Crippen molar-refractivity contribution in [3.05, 3.63) is 29.8 Å². The molecule has 2 atom stereocenters. The van der Waals surface area contributed by atoms with Gasteiger partial charge in [0.15, 0.2) is 0 Å². The lowest BCUT2D eigenvalue weighted by Crippen LogP contribution is -2.36. The minimum atomic E-state index is -4.30. The molecule has 1 aromatic rings. The number of hydrogen-bond acceptors (Lipinski definition) is 3. The summed E-state index contributed by atoms with van der Waals surface area (Å²) in [5, 5.41) is 10.1. The molecule has 0 aliphatic carbocycles. The molecule has 0 aliphatic heterocycles. The van der Waals surface area contributed by atoms with Crippen molar-refractivity contribution in [2.24, 2.45) is 11.1 Å². The Morgan fingerprint density at radius 1 is 1.10 bits per heavy atom. The molecule has 3 N–H and O–H groups in total. The molecule has 0 radical (unpaired) electrons. The molecule has 0 aromatic heterocycles. The lowest BCUT2D eigenvalue weighted by Gasteiger charge is -2.31. The SMILES string of the molecule is CC(C)(C)[C@H](O)[C@H](N)c1ccc(SC(F)(F)F)cc1.Cl.